The molecule has 0 unspecified atom stereocenters. The topological polar surface area (TPSA) is 90.3 Å². The molecule has 0 amide bonds. The molecular formula is C22H15N3O4. The molecule has 29 heavy (non-hydrogen) atoms. The molecule has 142 valence electrons. The third-order valence-corrected chi connectivity index (χ3v) is 4.76. The number of hydrogen-bond acceptors (Lipinski definition) is 5. The average Bonchev–Trinajstić information content (AvgIpc) is 3.41. The number of nitro groups is 1. The van der Waals surface area contributed by atoms with Gasteiger partial charge in [-0.15, -0.1) is 0 Å². The van der Waals surface area contributed by atoms with Crippen molar-refractivity contribution in [3.8, 4) is 45.4 Å². The molecule has 3 aromatic carbocycles. The molecule has 2 heterocycles. The molecule has 1 aliphatic rings. The van der Waals surface area contributed by atoms with Crippen molar-refractivity contribution in [2.45, 2.75) is 0 Å². The molecule has 0 atom stereocenters. The first-order valence-corrected chi connectivity index (χ1v) is 9.00. The molecule has 7 heteroatoms. The van der Waals surface area contributed by atoms with E-state index in [0.717, 1.165) is 22.5 Å². The third kappa shape index (κ3) is 2.98. The molecule has 0 spiro atoms. The van der Waals surface area contributed by atoms with Crippen LogP contribution in [0.4, 0.5) is 5.69 Å². The second-order valence-electron chi connectivity index (χ2n) is 6.52. The van der Waals surface area contributed by atoms with E-state index in [-0.39, 0.29) is 12.5 Å². The summed E-state index contributed by atoms with van der Waals surface area (Å²) in [6.45, 7) is 0.0403. The maximum atomic E-state index is 11.7. The highest BCUT2D eigenvalue weighted by Gasteiger charge is 2.27. The van der Waals surface area contributed by atoms with Gasteiger partial charge < -0.3 is 14.5 Å². The van der Waals surface area contributed by atoms with Crippen molar-refractivity contribution in [3.05, 3.63) is 82.9 Å². The molecule has 5 rings (SSSR count). The number of aromatic amines is 1. The summed E-state index contributed by atoms with van der Waals surface area (Å²) in [5.41, 5.74) is 3.61. The molecule has 4 aromatic rings. The van der Waals surface area contributed by atoms with Crippen molar-refractivity contribution < 1.29 is 14.4 Å². The smallest absolute Gasteiger partial charge is 0.284 e. The Labute approximate surface area is 165 Å². The maximum Gasteiger partial charge on any atom is 0.284 e. The molecular weight excluding hydrogens is 370 g/mol. The number of nitro benzene ring substituents is 1. The van der Waals surface area contributed by atoms with E-state index in [1.165, 1.54) is 6.07 Å². The Morgan fingerprint density at radius 3 is 2.17 bits per heavy atom. The third-order valence-electron chi connectivity index (χ3n) is 4.76. The lowest BCUT2D eigenvalue weighted by Crippen LogP contribution is -1.94. The lowest BCUT2D eigenvalue weighted by atomic mass is 10.1. The standard InChI is InChI=1S/C22H15N3O4/c26-25(27)17-12-19-18(28-13-29-19)11-16(17)22-23-20(14-7-3-1-4-8-14)21(24-22)15-9-5-2-6-10-15/h1-12H,13H2,(H,23,24). The van der Waals surface area contributed by atoms with Crippen molar-refractivity contribution in [2.24, 2.45) is 0 Å². The Hall–Kier alpha value is -4.13. The van der Waals surface area contributed by atoms with Gasteiger partial charge >= 0.3 is 0 Å². The van der Waals surface area contributed by atoms with Crippen LogP contribution < -0.4 is 9.47 Å². The van der Waals surface area contributed by atoms with Gasteiger partial charge in [-0.25, -0.2) is 4.98 Å². The summed E-state index contributed by atoms with van der Waals surface area (Å²) in [6.07, 6.45) is 0. The number of nitrogens with one attached hydrogen (secondary N) is 1. The van der Waals surface area contributed by atoms with E-state index in [1.54, 1.807) is 6.07 Å². The van der Waals surface area contributed by atoms with Gasteiger partial charge in [0.15, 0.2) is 11.5 Å². The van der Waals surface area contributed by atoms with Crippen LogP contribution in [0.1, 0.15) is 0 Å². The molecule has 7 nitrogen and oxygen atoms in total. The number of imidazole rings is 1. The van der Waals surface area contributed by atoms with Gasteiger partial charge in [-0.05, 0) is 0 Å². The highest BCUT2D eigenvalue weighted by molar-refractivity contribution is 5.83. The predicted octanol–water partition coefficient (Wildman–Crippen LogP) is 5.05. The van der Waals surface area contributed by atoms with Crippen molar-refractivity contribution >= 4 is 5.69 Å². The second kappa shape index (κ2) is 6.79. The minimum absolute atomic E-state index is 0.0403. The molecule has 0 radical (unpaired) electrons. The maximum absolute atomic E-state index is 11.7. The zero-order valence-corrected chi connectivity index (χ0v) is 15.2. The minimum Gasteiger partial charge on any atom is -0.454 e. The monoisotopic (exact) mass is 385 g/mol. The van der Waals surface area contributed by atoms with Crippen LogP contribution >= 0.6 is 0 Å². The molecule has 1 aliphatic heterocycles. The van der Waals surface area contributed by atoms with E-state index in [2.05, 4.69) is 4.98 Å². The molecule has 0 fully saturated rings. The van der Waals surface area contributed by atoms with Gasteiger partial charge in [0.2, 0.25) is 6.79 Å². The van der Waals surface area contributed by atoms with Crippen LogP contribution in [0, 0.1) is 10.1 Å². The first kappa shape index (κ1) is 17.0. The zero-order valence-electron chi connectivity index (χ0n) is 15.2. The Morgan fingerprint density at radius 1 is 0.897 bits per heavy atom. The summed E-state index contributed by atoms with van der Waals surface area (Å²) in [4.78, 5) is 19.3. The highest BCUT2D eigenvalue weighted by atomic mass is 16.7. The van der Waals surface area contributed by atoms with Gasteiger partial charge in [-0.3, -0.25) is 10.1 Å². The van der Waals surface area contributed by atoms with Crippen LogP contribution in [0.3, 0.4) is 0 Å². The summed E-state index contributed by atoms with van der Waals surface area (Å²) < 4.78 is 10.7. The summed E-state index contributed by atoms with van der Waals surface area (Å²) in [5, 5.41) is 11.7. The van der Waals surface area contributed by atoms with Crippen LogP contribution in [0.15, 0.2) is 72.8 Å². The minimum atomic E-state index is -0.440. The highest BCUT2D eigenvalue weighted by Crippen LogP contribution is 2.43. The van der Waals surface area contributed by atoms with E-state index in [9.17, 15) is 10.1 Å². The lowest BCUT2D eigenvalue weighted by Gasteiger charge is -2.03. The summed E-state index contributed by atoms with van der Waals surface area (Å²) in [7, 11) is 0. The lowest BCUT2D eigenvalue weighted by molar-refractivity contribution is -0.384. The fourth-order valence-corrected chi connectivity index (χ4v) is 3.39. The number of aromatic nitrogens is 2. The van der Waals surface area contributed by atoms with Crippen molar-refractivity contribution in [3.63, 3.8) is 0 Å². The van der Waals surface area contributed by atoms with E-state index in [1.807, 2.05) is 60.7 Å². The fourth-order valence-electron chi connectivity index (χ4n) is 3.39. The predicted molar refractivity (Wildman–Crippen MR) is 108 cm³/mol. The van der Waals surface area contributed by atoms with Gasteiger partial charge in [-0.1, -0.05) is 60.7 Å². The molecule has 1 N–H and O–H groups in total. The zero-order chi connectivity index (χ0) is 19.8. The normalized spacial score (nSPS) is 12.1. The van der Waals surface area contributed by atoms with Crippen LogP contribution in [0.5, 0.6) is 11.5 Å². The largest absolute Gasteiger partial charge is 0.454 e. The van der Waals surface area contributed by atoms with Gasteiger partial charge in [0.1, 0.15) is 5.82 Å². The summed E-state index contributed by atoms with van der Waals surface area (Å²) >= 11 is 0. The number of hydrogen-bond donors (Lipinski definition) is 1. The molecule has 0 bridgehead atoms. The quantitative estimate of drug-likeness (QED) is 0.392. The average molecular weight is 385 g/mol. The number of nitrogens with zero attached hydrogens (tertiary/aromatic N) is 2. The molecule has 0 saturated heterocycles. The Morgan fingerprint density at radius 2 is 1.52 bits per heavy atom. The SMILES string of the molecule is O=[N+]([O-])c1cc2c(cc1-c1nc(-c3ccccc3)c(-c3ccccc3)[nH]1)OCO2. The Kier molecular flexibility index (Phi) is 3.98. The second-order valence-corrected chi connectivity index (χ2v) is 6.52. The van der Waals surface area contributed by atoms with Crippen molar-refractivity contribution in [1.82, 2.24) is 9.97 Å². The summed E-state index contributed by atoms with van der Waals surface area (Å²) in [5.74, 6) is 1.22. The number of fused-ring (bicyclic) bond motifs is 1. The molecule has 0 saturated carbocycles. The number of benzene rings is 3. The van der Waals surface area contributed by atoms with Crippen molar-refractivity contribution in [1.29, 1.82) is 0 Å². The summed E-state index contributed by atoms with van der Waals surface area (Å²) in [6, 6.07) is 22.4. The van der Waals surface area contributed by atoms with Crippen molar-refractivity contribution in [2.75, 3.05) is 6.79 Å². The van der Waals surface area contributed by atoms with Crippen LogP contribution in [0.25, 0.3) is 33.9 Å². The molecule has 1 aromatic heterocycles. The first-order valence-electron chi connectivity index (χ1n) is 9.00. The van der Waals surface area contributed by atoms with E-state index >= 15 is 0 Å². The van der Waals surface area contributed by atoms with E-state index in [4.69, 9.17) is 14.5 Å². The Bertz CT molecular complexity index is 1150. The van der Waals surface area contributed by atoms with Gasteiger partial charge in [-0.2, -0.15) is 0 Å². The fraction of sp³-hybridized carbons (Fsp3) is 0.0455. The number of H-pyrrole nitrogens is 1. The van der Waals surface area contributed by atoms with E-state index < -0.39 is 4.92 Å². The van der Waals surface area contributed by atoms with Gasteiger partial charge in [0, 0.05) is 17.2 Å². The van der Waals surface area contributed by atoms with Crippen LogP contribution in [-0.4, -0.2) is 21.7 Å². The number of ether oxygens (including phenoxy) is 2. The molecule has 0 aliphatic carbocycles. The first-order chi connectivity index (χ1) is 14.2. The number of rotatable bonds is 4. The van der Waals surface area contributed by atoms with Crippen LogP contribution in [-0.2, 0) is 0 Å². The van der Waals surface area contributed by atoms with E-state index in [0.29, 0.717) is 22.9 Å². The van der Waals surface area contributed by atoms with Gasteiger partial charge in [0.25, 0.3) is 5.69 Å². The van der Waals surface area contributed by atoms with Gasteiger partial charge in [0.05, 0.1) is 27.9 Å². The Balaban J connectivity index is 1.74. The van der Waals surface area contributed by atoms with Crippen LogP contribution in [0.2, 0.25) is 0 Å².